The molecule has 5 rings (SSSR count). The van der Waals surface area contributed by atoms with Crippen molar-refractivity contribution in [3.8, 4) is 11.6 Å². The quantitative estimate of drug-likeness (QED) is 0.104. The molecule has 2 N–H and O–H groups in total. The lowest BCUT2D eigenvalue weighted by molar-refractivity contribution is -0.140. The lowest BCUT2D eigenvalue weighted by atomic mass is 9.57. The van der Waals surface area contributed by atoms with Gasteiger partial charge in [-0.05, 0) is 81.3 Å². The fraction of sp³-hybridized carbons (Fsp3) is 0.675. The first-order valence-electron chi connectivity index (χ1n) is 19.2. The number of hydrogen-bond donors (Lipinski definition) is 2. The van der Waals surface area contributed by atoms with Gasteiger partial charge in [-0.25, -0.2) is 4.39 Å². The van der Waals surface area contributed by atoms with E-state index in [1.165, 1.54) is 6.07 Å². The predicted molar refractivity (Wildman–Crippen MR) is 203 cm³/mol. The molecular weight excluding hydrogens is 682 g/mol. The Hall–Kier alpha value is -3.22. The van der Waals surface area contributed by atoms with Crippen molar-refractivity contribution in [1.82, 2.24) is 10.1 Å². The third-order valence-electron chi connectivity index (χ3n) is 11.5. The second-order valence-electron chi connectivity index (χ2n) is 17.0. The van der Waals surface area contributed by atoms with E-state index in [4.69, 9.17) is 18.4 Å². The maximum atomic E-state index is 16.2. The third-order valence-corrected chi connectivity index (χ3v) is 16.0. The largest absolute Gasteiger partial charge is 0.507 e. The topological polar surface area (TPSA) is 123 Å². The first kappa shape index (κ1) is 40.0. The molecule has 12 heteroatoms. The Balaban J connectivity index is 1.76. The molecule has 0 amide bonds. The van der Waals surface area contributed by atoms with E-state index in [9.17, 15) is 5.11 Å². The molecule has 1 aromatic heterocycles. The number of benzene rings is 1. The lowest BCUT2D eigenvalue weighted by Crippen LogP contribution is -2.68. The summed E-state index contributed by atoms with van der Waals surface area (Å²) < 4.78 is 41.7. The van der Waals surface area contributed by atoms with Gasteiger partial charge in [0.15, 0.2) is 25.4 Å². The molecule has 0 bridgehead atoms. The number of nitrogens with zero attached hydrogens (tertiary/aromatic N) is 2. The summed E-state index contributed by atoms with van der Waals surface area (Å²) in [6, 6.07) is 0.856. The van der Waals surface area contributed by atoms with Crippen molar-refractivity contribution >= 4 is 31.3 Å². The molecular formula is C40H60FN3O7Si. The zero-order valence-corrected chi connectivity index (χ0v) is 34.1. The van der Waals surface area contributed by atoms with Crippen LogP contribution >= 0.6 is 0 Å². The number of fused-ring (bicyclic) bond motifs is 4. The van der Waals surface area contributed by atoms with Gasteiger partial charge in [-0.15, -0.1) is 0 Å². The van der Waals surface area contributed by atoms with E-state index < -0.39 is 49.2 Å². The summed E-state index contributed by atoms with van der Waals surface area (Å²) in [7, 11) is 0.863. The monoisotopic (exact) mass is 741 g/mol. The van der Waals surface area contributed by atoms with Gasteiger partial charge in [0.1, 0.15) is 17.1 Å². The Kier molecular flexibility index (Phi) is 11.7. The van der Waals surface area contributed by atoms with E-state index in [0.29, 0.717) is 48.4 Å². The number of aliphatic hydroxyl groups is 1. The zero-order chi connectivity index (χ0) is 38.3. The highest BCUT2D eigenvalue weighted by molar-refractivity contribution is 6.74. The number of carbonyl (C=O) groups is 2. The van der Waals surface area contributed by atoms with Crippen molar-refractivity contribution in [1.29, 1.82) is 0 Å². The van der Waals surface area contributed by atoms with Crippen LogP contribution in [0, 0.1) is 23.6 Å². The van der Waals surface area contributed by atoms with E-state index in [-0.39, 0.29) is 46.2 Å². The summed E-state index contributed by atoms with van der Waals surface area (Å²) in [4.78, 5) is 32.8. The summed E-state index contributed by atoms with van der Waals surface area (Å²) in [5, 5.41) is 19.5. The SMILES string of the molecule is CCCCOc1noc2c1C(=O)[C@@]1(O[Si](C)(C)C(C)(C)C)C(=O)C3=C(O)c4c(c(F)cc(NCCC(C)C)c4OCCCC)C[C@H]3C[C@H]1[C@@H]2N(C)C. The number of halogens is 1. The summed E-state index contributed by atoms with van der Waals surface area (Å²) in [5.41, 5.74) is -0.916. The van der Waals surface area contributed by atoms with Gasteiger partial charge in [0.2, 0.25) is 11.6 Å². The minimum atomic E-state index is -2.88. The number of carbonyl (C=O) groups excluding carboxylic acids is 2. The van der Waals surface area contributed by atoms with E-state index >= 15 is 14.0 Å². The van der Waals surface area contributed by atoms with Gasteiger partial charge < -0.3 is 28.8 Å². The van der Waals surface area contributed by atoms with Gasteiger partial charge in [-0.2, -0.15) is 0 Å². The minimum Gasteiger partial charge on any atom is -0.507 e. The molecule has 4 atom stereocenters. The van der Waals surface area contributed by atoms with Gasteiger partial charge in [0.05, 0.1) is 30.5 Å². The normalized spacial score (nSPS) is 23.1. The Morgan fingerprint density at radius 1 is 1.10 bits per heavy atom. The first-order valence-corrected chi connectivity index (χ1v) is 22.1. The van der Waals surface area contributed by atoms with Gasteiger partial charge in [0, 0.05) is 29.7 Å². The molecule has 10 nitrogen and oxygen atoms in total. The van der Waals surface area contributed by atoms with Gasteiger partial charge in [0.25, 0.3) is 5.88 Å². The highest BCUT2D eigenvalue weighted by atomic mass is 28.4. The number of anilines is 1. The van der Waals surface area contributed by atoms with Crippen LogP contribution in [-0.2, 0) is 15.6 Å². The predicted octanol–water partition coefficient (Wildman–Crippen LogP) is 8.92. The smallest absolute Gasteiger partial charge is 0.265 e. The second-order valence-corrected chi connectivity index (χ2v) is 21.7. The molecule has 0 aliphatic heterocycles. The van der Waals surface area contributed by atoms with Crippen molar-refractivity contribution in [2.75, 3.05) is 39.2 Å². The van der Waals surface area contributed by atoms with E-state index in [2.05, 4.69) is 52.0 Å². The number of ether oxygens (including phenoxy) is 2. The molecule has 0 saturated heterocycles. The summed E-state index contributed by atoms with van der Waals surface area (Å²) >= 11 is 0. The molecule has 1 aromatic carbocycles. The van der Waals surface area contributed by atoms with Crippen molar-refractivity contribution in [2.24, 2.45) is 17.8 Å². The van der Waals surface area contributed by atoms with Crippen LogP contribution in [0.3, 0.4) is 0 Å². The minimum absolute atomic E-state index is 0.0462. The number of unbranched alkanes of at least 4 members (excludes halogenated alkanes) is 2. The van der Waals surface area contributed by atoms with Crippen molar-refractivity contribution in [2.45, 2.75) is 123 Å². The maximum absolute atomic E-state index is 16.2. The van der Waals surface area contributed by atoms with Crippen LogP contribution in [0.5, 0.6) is 11.6 Å². The molecule has 1 fully saturated rings. The van der Waals surface area contributed by atoms with Crippen LogP contribution in [0.2, 0.25) is 18.1 Å². The Bertz CT molecular complexity index is 1690. The average molecular weight is 742 g/mol. The Labute approximate surface area is 309 Å². The third kappa shape index (κ3) is 6.95. The average Bonchev–Trinajstić information content (AvgIpc) is 3.46. The lowest BCUT2D eigenvalue weighted by Gasteiger charge is -2.55. The van der Waals surface area contributed by atoms with E-state index in [0.717, 1.165) is 32.1 Å². The Morgan fingerprint density at radius 3 is 2.35 bits per heavy atom. The fourth-order valence-corrected chi connectivity index (χ4v) is 9.09. The zero-order valence-electron chi connectivity index (χ0n) is 33.1. The number of aromatic nitrogens is 1. The first-order chi connectivity index (χ1) is 24.4. The number of nitrogens with one attached hydrogen (secondary N) is 1. The number of hydrogen-bond acceptors (Lipinski definition) is 10. The highest BCUT2D eigenvalue weighted by Crippen LogP contribution is 2.59. The molecule has 0 unspecified atom stereocenters. The van der Waals surface area contributed by atoms with Crippen LogP contribution in [0.15, 0.2) is 16.2 Å². The number of aliphatic hydroxyl groups excluding tert-OH is 1. The van der Waals surface area contributed by atoms with Crippen LogP contribution in [0.1, 0.15) is 120 Å². The molecule has 1 heterocycles. The van der Waals surface area contributed by atoms with E-state index in [1.54, 1.807) is 0 Å². The van der Waals surface area contributed by atoms with Gasteiger partial charge in [-0.3, -0.25) is 14.5 Å². The van der Waals surface area contributed by atoms with Gasteiger partial charge >= 0.3 is 0 Å². The molecule has 1 saturated carbocycles. The fourth-order valence-electron chi connectivity index (χ4n) is 7.65. The number of ketones is 2. The second kappa shape index (κ2) is 15.3. The molecule has 2 aromatic rings. The van der Waals surface area contributed by atoms with Crippen LogP contribution < -0.4 is 14.8 Å². The highest BCUT2D eigenvalue weighted by Gasteiger charge is 2.69. The van der Waals surface area contributed by atoms with Crippen LogP contribution in [0.4, 0.5) is 10.1 Å². The summed E-state index contributed by atoms with van der Waals surface area (Å²) in [6.45, 7) is 19.8. The standard InChI is InChI=1S/C40H60FN3O7Si/c1-12-14-18-48-34-28(42-17-16-23(3)4)22-27(41)25-20-24-21-26-32(44(8)9)35-31(38(43-50-35)49-19-15-13-2)37(47)40(26,51-52(10,11)39(5,6)7)36(46)29(24)33(45)30(25)34/h22-24,26,32,42,45H,12-21H2,1-11H3/t24-,26-,32-,40-/m0/s1. The maximum Gasteiger partial charge on any atom is 0.265 e. The Morgan fingerprint density at radius 2 is 1.75 bits per heavy atom. The molecule has 3 aliphatic rings. The molecule has 0 radical (unpaired) electrons. The summed E-state index contributed by atoms with van der Waals surface area (Å²) in [6.07, 6.45) is 4.52. The summed E-state index contributed by atoms with van der Waals surface area (Å²) in [5.74, 6) is -2.17. The van der Waals surface area contributed by atoms with E-state index in [1.807, 2.05) is 39.0 Å². The van der Waals surface area contributed by atoms with Crippen LogP contribution in [0.25, 0.3) is 5.76 Å². The van der Waals surface area contributed by atoms with Crippen molar-refractivity contribution < 1.29 is 37.5 Å². The molecule has 52 heavy (non-hydrogen) atoms. The van der Waals surface area contributed by atoms with Crippen molar-refractivity contribution in [3.63, 3.8) is 0 Å². The van der Waals surface area contributed by atoms with Crippen molar-refractivity contribution in [3.05, 3.63) is 39.9 Å². The number of Topliss-reactive ketones (excluding diaryl/α,β-unsaturated/α-hetero) is 2. The van der Waals surface area contributed by atoms with Crippen LogP contribution in [-0.4, -0.2) is 74.5 Å². The molecule has 288 valence electrons. The molecule has 3 aliphatic carbocycles. The number of rotatable bonds is 15. The van der Waals surface area contributed by atoms with Gasteiger partial charge in [-0.1, -0.05) is 61.3 Å². The molecule has 0 spiro atoms.